The molecule has 1 aromatic carbocycles. The lowest BCUT2D eigenvalue weighted by Crippen LogP contribution is -2.28. The van der Waals surface area contributed by atoms with Crippen molar-refractivity contribution < 1.29 is 14.2 Å². The highest BCUT2D eigenvalue weighted by molar-refractivity contribution is 6.45. The summed E-state index contributed by atoms with van der Waals surface area (Å²) >= 11 is 17.5. The minimum Gasteiger partial charge on any atom is -0.396 e. The van der Waals surface area contributed by atoms with Crippen molar-refractivity contribution in [3.8, 4) is 0 Å². The van der Waals surface area contributed by atoms with Crippen molar-refractivity contribution in [1.29, 1.82) is 0 Å². The fourth-order valence-corrected chi connectivity index (χ4v) is 2.15. The van der Waals surface area contributed by atoms with Gasteiger partial charge in [-0.05, 0) is 29.3 Å². The third-order valence-electron chi connectivity index (χ3n) is 2.58. The smallest absolute Gasteiger partial charge is 0.337 e. The topological polar surface area (TPSA) is 81.6 Å². The molecule has 1 heterocycles. The number of rotatable bonds is 3. The van der Waals surface area contributed by atoms with Crippen LogP contribution in [0.15, 0.2) is 29.4 Å². The molecule has 0 spiro atoms. The molecule has 5 nitrogen and oxygen atoms in total. The van der Waals surface area contributed by atoms with Gasteiger partial charge >= 0.3 is 5.91 Å². The van der Waals surface area contributed by atoms with Crippen LogP contribution in [0.2, 0.25) is 15.2 Å². The van der Waals surface area contributed by atoms with Gasteiger partial charge in [0.15, 0.2) is 0 Å². The number of hydrazone groups is 1. The van der Waals surface area contributed by atoms with Gasteiger partial charge < -0.3 is 5.73 Å². The summed E-state index contributed by atoms with van der Waals surface area (Å²) in [5, 5.41) is 3.61. The second-order valence-corrected chi connectivity index (χ2v) is 5.24. The zero-order valence-electron chi connectivity index (χ0n) is 10.8. The van der Waals surface area contributed by atoms with Gasteiger partial charge in [0, 0.05) is 0 Å². The predicted octanol–water partition coefficient (Wildman–Crippen LogP) is 2.95. The summed E-state index contributed by atoms with van der Waals surface area (Å²) in [5.74, 6) is -1.09. The minimum absolute atomic E-state index is 0.0199. The van der Waals surface area contributed by atoms with Crippen molar-refractivity contribution in [3.05, 3.63) is 56.5 Å². The molecule has 0 aliphatic rings. The van der Waals surface area contributed by atoms with E-state index in [4.69, 9.17) is 40.5 Å². The normalized spacial score (nSPS) is 10.9. The van der Waals surface area contributed by atoms with Crippen molar-refractivity contribution in [1.82, 2.24) is 5.43 Å². The number of amides is 1. The first-order chi connectivity index (χ1) is 10.4. The van der Waals surface area contributed by atoms with Gasteiger partial charge in [-0.15, -0.1) is 0 Å². The molecule has 0 aliphatic carbocycles. The van der Waals surface area contributed by atoms with Crippen LogP contribution in [0.4, 0.5) is 10.1 Å². The van der Waals surface area contributed by atoms with E-state index in [-0.39, 0.29) is 26.6 Å². The second kappa shape index (κ2) is 6.91. The lowest BCUT2D eigenvalue weighted by Gasteiger charge is -2.02. The van der Waals surface area contributed by atoms with Gasteiger partial charge in [0.25, 0.3) is 10.8 Å². The van der Waals surface area contributed by atoms with Crippen LogP contribution in [0.1, 0.15) is 16.1 Å². The van der Waals surface area contributed by atoms with Gasteiger partial charge in [-0.1, -0.05) is 35.3 Å². The monoisotopic (exact) mass is 361 g/mol. The molecule has 0 unspecified atom stereocenters. The number of benzene rings is 1. The third kappa shape index (κ3) is 3.65. The molecule has 114 valence electrons. The summed E-state index contributed by atoms with van der Waals surface area (Å²) in [4.78, 5) is 14.5. The molecule has 9 heteroatoms. The van der Waals surface area contributed by atoms with Gasteiger partial charge in [0.2, 0.25) is 0 Å². The summed E-state index contributed by atoms with van der Waals surface area (Å²) in [6.07, 6.45) is 1.27. The number of hydrogen-bond acceptors (Lipinski definition) is 3. The number of nitrogens with two attached hydrogens (primary N) is 1. The number of nitrogens with one attached hydrogen (secondary N) is 2. The van der Waals surface area contributed by atoms with Crippen LogP contribution < -0.4 is 16.1 Å². The number of H-pyrrole nitrogens is 1. The van der Waals surface area contributed by atoms with E-state index in [9.17, 15) is 9.18 Å². The van der Waals surface area contributed by atoms with Crippen LogP contribution in [-0.2, 0) is 0 Å². The van der Waals surface area contributed by atoms with Crippen LogP contribution in [-0.4, -0.2) is 12.1 Å². The summed E-state index contributed by atoms with van der Waals surface area (Å²) in [5.41, 5.74) is 8.21. The number of anilines is 1. The quantitative estimate of drug-likeness (QED) is 0.500. The summed E-state index contributed by atoms with van der Waals surface area (Å²) in [6.45, 7) is 0. The number of aromatic nitrogens is 1. The van der Waals surface area contributed by atoms with Crippen LogP contribution in [0.5, 0.6) is 0 Å². The molecule has 0 fully saturated rings. The number of pyridine rings is 1. The van der Waals surface area contributed by atoms with E-state index in [0.717, 1.165) is 0 Å². The molecule has 22 heavy (non-hydrogen) atoms. The zero-order valence-corrected chi connectivity index (χ0v) is 13.1. The standard InChI is InChI=1S/C13H8Cl3FN4O/c14-8-10(18)9(15)12(16)20-11(8)13(22)21-19-5-6-2-1-3-7(17)4-6/h1-5H,(H2,18,20)(H,21,22)/p+1/b19-5+. The molecule has 2 rings (SSSR count). The Morgan fingerprint density at radius 2 is 2.05 bits per heavy atom. The third-order valence-corrected chi connectivity index (χ3v) is 3.74. The first-order valence-corrected chi connectivity index (χ1v) is 6.97. The number of nitrogen functional groups attached to an aromatic ring is 1. The van der Waals surface area contributed by atoms with E-state index in [1.807, 2.05) is 0 Å². The number of halogens is 4. The molecule has 0 bridgehead atoms. The van der Waals surface area contributed by atoms with E-state index in [2.05, 4.69) is 15.5 Å². The number of nitrogens with zero attached hydrogens (tertiary/aromatic N) is 1. The van der Waals surface area contributed by atoms with E-state index in [1.54, 1.807) is 6.07 Å². The molecular formula is C13H9Cl3FN4O+. The maximum absolute atomic E-state index is 13.0. The van der Waals surface area contributed by atoms with Gasteiger partial charge in [-0.3, -0.25) is 4.79 Å². The molecule has 2 aromatic rings. The molecular weight excluding hydrogens is 354 g/mol. The fraction of sp³-hybridized carbons (Fsp3) is 0. The predicted molar refractivity (Wildman–Crippen MR) is 83.9 cm³/mol. The highest BCUT2D eigenvalue weighted by atomic mass is 35.5. The Morgan fingerprint density at radius 1 is 1.32 bits per heavy atom. The largest absolute Gasteiger partial charge is 0.396 e. The molecule has 0 aliphatic heterocycles. The summed E-state index contributed by atoms with van der Waals surface area (Å²) in [6, 6.07) is 5.69. The average molecular weight is 363 g/mol. The maximum atomic E-state index is 13.0. The van der Waals surface area contributed by atoms with Crippen LogP contribution in [0.25, 0.3) is 0 Å². The summed E-state index contributed by atoms with van der Waals surface area (Å²) in [7, 11) is 0. The molecule has 4 N–H and O–H groups in total. The minimum atomic E-state index is -0.678. The highest BCUT2D eigenvalue weighted by Gasteiger charge is 2.25. The highest BCUT2D eigenvalue weighted by Crippen LogP contribution is 2.31. The van der Waals surface area contributed by atoms with Crippen molar-refractivity contribution in [2.45, 2.75) is 0 Å². The summed E-state index contributed by atoms with van der Waals surface area (Å²) < 4.78 is 13.0. The van der Waals surface area contributed by atoms with Gasteiger partial charge in [0.05, 0.1) is 11.9 Å². The van der Waals surface area contributed by atoms with Crippen LogP contribution in [0, 0.1) is 5.82 Å². The zero-order chi connectivity index (χ0) is 16.3. The van der Waals surface area contributed by atoms with E-state index < -0.39 is 11.7 Å². The Labute approximate surface area is 139 Å². The van der Waals surface area contributed by atoms with Gasteiger partial charge in [0.1, 0.15) is 15.9 Å². The van der Waals surface area contributed by atoms with Crippen molar-refractivity contribution in [2.24, 2.45) is 5.10 Å². The maximum Gasteiger partial charge on any atom is 0.337 e. The molecule has 0 atom stereocenters. The second-order valence-electron chi connectivity index (χ2n) is 4.11. The van der Waals surface area contributed by atoms with E-state index in [1.165, 1.54) is 24.4 Å². The van der Waals surface area contributed by atoms with Crippen molar-refractivity contribution in [2.75, 3.05) is 5.73 Å². The number of carbonyl (C=O) groups excluding carboxylic acids is 1. The lowest BCUT2D eigenvalue weighted by atomic mass is 10.2. The number of aromatic amines is 1. The Balaban J connectivity index is 2.17. The Morgan fingerprint density at radius 3 is 2.73 bits per heavy atom. The Bertz CT molecular complexity index is 767. The lowest BCUT2D eigenvalue weighted by molar-refractivity contribution is -0.379. The van der Waals surface area contributed by atoms with E-state index >= 15 is 0 Å². The molecule has 0 radical (unpaired) electrons. The van der Waals surface area contributed by atoms with E-state index in [0.29, 0.717) is 5.56 Å². The van der Waals surface area contributed by atoms with Crippen molar-refractivity contribution >= 4 is 52.6 Å². The van der Waals surface area contributed by atoms with Gasteiger partial charge in [-0.25, -0.2) is 9.82 Å². The molecule has 1 amide bonds. The molecule has 0 saturated carbocycles. The fourth-order valence-electron chi connectivity index (χ4n) is 1.53. The van der Waals surface area contributed by atoms with Gasteiger partial charge in [-0.2, -0.15) is 10.1 Å². The van der Waals surface area contributed by atoms with Crippen molar-refractivity contribution in [3.63, 3.8) is 0 Å². The first kappa shape index (κ1) is 16.5. The Hall–Kier alpha value is -1.89. The van der Waals surface area contributed by atoms with Crippen LogP contribution >= 0.6 is 34.8 Å². The SMILES string of the molecule is Nc1c(Cl)c(Cl)[nH+]c(C(=O)N/N=C/c2cccc(F)c2)c1Cl. The molecule has 0 saturated heterocycles. The van der Waals surface area contributed by atoms with Crippen LogP contribution in [0.3, 0.4) is 0 Å². The molecule has 1 aromatic heterocycles. The first-order valence-electron chi connectivity index (χ1n) is 5.84. The number of hydrogen-bond donors (Lipinski definition) is 2. The average Bonchev–Trinajstić information content (AvgIpc) is 2.48. The number of carbonyl (C=O) groups is 1. The Kier molecular flexibility index (Phi) is 5.18.